The van der Waals surface area contributed by atoms with Gasteiger partial charge in [0.15, 0.2) is 0 Å². The van der Waals surface area contributed by atoms with Crippen LogP contribution in [0.4, 0.5) is 0 Å². The normalized spacial score (nSPS) is 16.0. The lowest BCUT2D eigenvalue weighted by Gasteiger charge is -2.22. The summed E-state index contributed by atoms with van der Waals surface area (Å²) in [6.45, 7) is 9.17. The SMILES string of the molecule is Cc1cc(C)n(CCC(=O)N2CCCN(Cc3cccnc3)CC2)n1. The molecule has 0 N–H and O–H groups in total. The van der Waals surface area contributed by atoms with Crippen molar-refractivity contribution in [3.63, 3.8) is 0 Å². The van der Waals surface area contributed by atoms with Crippen LogP contribution in [0.25, 0.3) is 0 Å². The van der Waals surface area contributed by atoms with Gasteiger partial charge in [0.25, 0.3) is 0 Å². The van der Waals surface area contributed by atoms with Crippen molar-refractivity contribution in [2.45, 2.75) is 39.8 Å². The summed E-state index contributed by atoms with van der Waals surface area (Å²) >= 11 is 0. The van der Waals surface area contributed by atoms with Gasteiger partial charge < -0.3 is 4.90 Å². The molecule has 0 bridgehead atoms. The van der Waals surface area contributed by atoms with Crippen molar-refractivity contribution in [2.75, 3.05) is 26.2 Å². The zero-order chi connectivity index (χ0) is 17.6. The Morgan fingerprint density at radius 1 is 1.20 bits per heavy atom. The maximum atomic E-state index is 12.6. The van der Waals surface area contributed by atoms with Crippen LogP contribution in [0.5, 0.6) is 0 Å². The molecule has 1 aliphatic rings. The highest BCUT2D eigenvalue weighted by Crippen LogP contribution is 2.10. The number of carbonyl (C=O) groups is 1. The van der Waals surface area contributed by atoms with E-state index in [1.807, 2.05) is 41.8 Å². The maximum absolute atomic E-state index is 12.6. The average molecular weight is 341 g/mol. The van der Waals surface area contributed by atoms with E-state index in [9.17, 15) is 4.79 Å². The summed E-state index contributed by atoms with van der Waals surface area (Å²) in [6.07, 6.45) is 5.26. The number of aryl methyl sites for hydroxylation is 3. The average Bonchev–Trinajstić information content (AvgIpc) is 2.79. The van der Waals surface area contributed by atoms with E-state index in [1.165, 1.54) is 5.56 Å². The van der Waals surface area contributed by atoms with Gasteiger partial charge in [0.2, 0.25) is 5.91 Å². The molecule has 0 unspecified atom stereocenters. The fourth-order valence-electron chi connectivity index (χ4n) is 3.39. The van der Waals surface area contributed by atoms with Gasteiger partial charge in [-0.2, -0.15) is 5.10 Å². The summed E-state index contributed by atoms with van der Waals surface area (Å²) in [4.78, 5) is 21.2. The molecular weight excluding hydrogens is 314 g/mol. The van der Waals surface area contributed by atoms with Crippen molar-refractivity contribution in [3.8, 4) is 0 Å². The number of rotatable bonds is 5. The molecule has 1 aliphatic heterocycles. The Kier molecular flexibility index (Phi) is 5.81. The number of amides is 1. The molecule has 3 rings (SSSR count). The van der Waals surface area contributed by atoms with Gasteiger partial charge in [-0.25, -0.2) is 0 Å². The van der Waals surface area contributed by atoms with Gasteiger partial charge in [-0.05, 0) is 38.0 Å². The smallest absolute Gasteiger partial charge is 0.224 e. The first-order valence-corrected chi connectivity index (χ1v) is 9.02. The molecule has 1 saturated heterocycles. The number of carbonyl (C=O) groups excluding carboxylic acids is 1. The Hall–Kier alpha value is -2.21. The quantitative estimate of drug-likeness (QED) is 0.835. The molecule has 134 valence electrons. The lowest BCUT2D eigenvalue weighted by atomic mass is 10.2. The monoisotopic (exact) mass is 341 g/mol. The largest absolute Gasteiger partial charge is 0.341 e. The fourth-order valence-corrected chi connectivity index (χ4v) is 3.39. The maximum Gasteiger partial charge on any atom is 0.224 e. The van der Waals surface area contributed by atoms with E-state index < -0.39 is 0 Å². The van der Waals surface area contributed by atoms with E-state index in [0.29, 0.717) is 13.0 Å². The predicted molar refractivity (Wildman–Crippen MR) is 97.0 cm³/mol. The van der Waals surface area contributed by atoms with Crippen LogP contribution in [0.2, 0.25) is 0 Å². The van der Waals surface area contributed by atoms with E-state index in [4.69, 9.17) is 0 Å². The molecular formula is C19H27N5O. The summed E-state index contributed by atoms with van der Waals surface area (Å²) in [5.74, 6) is 0.232. The van der Waals surface area contributed by atoms with Gasteiger partial charge >= 0.3 is 0 Å². The van der Waals surface area contributed by atoms with E-state index >= 15 is 0 Å². The van der Waals surface area contributed by atoms with Gasteiger partial charge in [-0.3, -0.25) is 19.4 Å². The van der Waals surface area contributed by atoms with E-state index in [2.05, 4.69) is 21.0 Å². The van der Waals surface area contributed by atoms with Crippen LogP contribution in [0.1, 0.15) is 29.8 Å². The number of aromatic nitrogens is 3. The van der Waals surface area contributed by atoms with Crippen molar-refractivity contribution in [3.05, 3.63) is 47.5 Å². The van der Waals surface area contributed by atoms with Crippen LogP contribution in [0.3, 0.4) is 0 Å². The van der Waals surface area contributed by atoms with E-state index in [0.717, 1.165) is 50.5 Å². The topological polar surface area (TPSA) is 54.3 Å². The molecule has 0 aromatic carbocycles. The number of hydrogen-bond donors (Lipinski definition) is 0. The molecule has 2 aromatic rings. The van der Waals surface area contributed by atoms with Gasteiger partial charge in [-0.1, -0.05) is 6.07 Å². The Labute approximate surface area is 149 Å². The summed E-state index contributed by atoms with van der Waals surface area (Å²) in [5, 5.41) is 4.44. The van der Waals surface area contributed by atoms with Crippen LogP contribution in [-0.2, 0) is 17.9 Å². The fraction of sp³-hybridized carbons (Fsp3) is 0.526. The Bertz CT molecular complexity index is 697. The molecule has 0 spiro atoms. The van der Waals surface area contributed by atoms with Crippen molar-refractivity contribution in [1.29, 1.82) is 0 Å². The summed E-state index contributed by atoms with van der Waals surface area (Å²) in [5.41, 5.74) is 3.35. The standard InChI is InChI=1S/C19H27N5O/c1-16-13-17(2)24(21-16)10-6-19(25)23-9-4-8-22(11-12-23)15-18-5-3-7-20-14-18/h3,5,7,13-14H,4,6,8-12,15H2,1-2H3. The van der Waals surface area contributed by atoms with Crippen molar-refractivity contribution < 1.29 is 4.79 Å². The number of nitrogens with zero attached hydrogens (tertiary/aromatic N) is 5. The van der Waals surface area contributed by atoms with E-state index in [1.54, 1.807) is 6.20 Å². The first-order chi connectivity index (χ1) is 12.1. The second-order valence-corrected chi connectivity index (χ2v) is 6.77. The Morgan fingerprint density at radius 3 is 2.80 bits per heavy atom. The molecule has 0 saturated carbocycles. The van der Waals surface area contributed by atoms with Crippen molar-refractivity contribution in [2.24, 2.45) is 0 Å². The molecule has 6 heteroatoms. The lowest BCUT2D eigenvalue weighted by molar-refractivity contribution is -0.131. The molecule has 2 aromatic heterocycles. The molecule has 25 heavy (non-hydrogen) atoms. The minimum absolute atomic E-state index is 0.232. The third kappa shape index (κ3) is 4.89. The highest BCUT2D eigenvalue weighted by molar-refractivity contribution is 5.76. The molecule has 0 radical (unpaired) electrons. The Morgan fingerprint density at radius 2 is 2.08 bits per heavy atom. The molecule has 0 atom stereocenters. The summed E-state index contributed by atoms with van der Waals surface area (Å²) < 4.78 is 1.93. The van der Waals surface area contributed by atoms with Crippen LogP contribution >= 0.6 is 0 Å². The molecule has 3 heterocycles. The highest BCUT2D eigenvalue weighted by atomic mass is 16.2. The molecule has 1 amide bonds. The van der Waals surface area contributed by atoms with Gasteiger partial charge in [0, 0.05) is 63.8 Å². The molecule has 1 fully saturated rings. The molecule has 0 aliphatic carbocycles. The van der Waals surface area contributed by atoms with Crippen LogP contribution in [0.15, 0.2) is 30.6 Å². The van der Waals surface area contributed by atoms with Crippen LogP contribution in [-0.4, -0.2) is 56.7 Å². The number of hydrogen-bond acceptors (Lipinski definition) is 4. The summed E-state index contributed by atoms with van der Waals surface area (Å²) in [7, 11) is 0. The van der Waals surface area contributed by atoms with Crippen molar-refractivity contribution in [1.82, 2.24) is 24.6 Å². The zero-order valence-electron chi connectivity index (χ0n) is 15.2. The lowest BCUT2D eigenvalue weighted by Crippen LogP contribution is -2.35. The van der Waals surface area contributed by atoms with Crippen LogP contribution in [0, 0.1) is 13.8 Å². The molecule has 6 nitrogen and oxygen atoms in total. The minimum atomic E-state index is 0.232. The third-order valence-corrected chi connectivity index (χ3v) is 4.71. The summed E-state index contributed by atoms with van der Waals surface area (Å²) in [6, 6.07) is 6.13. The van der Waals surface area contributed by atoms with Crippen molar-refractivity contribution >= 4 is 5.91 Å². The van der Waals surface area contributed by atoms with Gasteiger partial charge in [0.05, 0.1) is 5.69 Å². The first-order valence-electron chi connectivity index (χ1n) is 9.02. The predicted octanol–water partition coefficient (Wildman–Crippen LogP) is 2.02. The zero-order valence-corrected chi connectivity index (χ0v) is 15.2. The van der Waals surface area contributed by atoms with Gasteiger partial charge in [-0.15, -0.1) is 0 Å². The second-order valence-electron chi connectivity index (χ2n) is 6.77. The number of pyridine rings is 1. The minimum Gasteiger partial charge on any atom is -0.341 e. The van der Waals surface area contributed by atoms with Gasteiger partial charge in [0.1, 0.15) is 0 Å². The second kappa shape index (κ2) is 8.25. The Balaban J connectivity index is 1.48. The third-order valence-electron chi connectivity index (χ3n) is 4.71. The van der Waals surface area contributed by atoms with Crippen LogP contribution < -0.4 is 0 Å². The van der Waals surface area contributed by atoms with E-state index in [-0.39, 0.29) is 5.91 Å². The first kappa shape index (κ1) is 17.6. The highest BCUT2D eigenvalue weighted by Gasteiger charge is 2.19.